The van der Waals surface area contributed by atoms with E-state index in [1.54, 1.807) is 11.8 Å². The van der Waals surface area contributed by atoms with Gasteiger partial charge in [-0.25, -0.2) is 0 Å². The number of aliphatic imine (C=N–C) groups is 1. The predicted octanol–water partition coefficient (Wildman–Crippen LogP) is 4.02. The highest BCUT2D eigenvalue weighted by atomic mass is 35.5. The molecule has 4 rings (SSSR count). The summed E-state index contributed by atoms with van der Waals surface area (Å²) in [6, 6.07) is 8.41. The number of halogens is 1. The summed E-state index contributed by atoms with van der Waals surface area (Å²) < 4.78 is 0. The summed E-state index contributed by atoms with van der Waals surface area (Å²) in [6.07, 6.45) is 3.79. The second-order valence-corrected chi connectivity index (χ2v) is 6.65. The van der Waals surface area contributed by atoms with E-state index in [2.05, 4.69) is 27.4 Å². The zero-order valence-corrected chi connectivity index (χ0v) is 12.2. The molecule has 0 spiro atoms. The van der Waals surface area contributed by atoms with Crippen LogP contribution in [0.25, 0.3) is 0 Å². The molecule has 1 fully saturated rings. The first-order chi connectivity index (χ1) is 9.29. The average Bonchev–Trinajstić information content (AvgIpc) is 2.94. The lowest BCUT2D eigenvalue weighted by Crippen LogP contribution is -2.42. The number of rotatable bonds is 2. The van der Waals surface area contributed by atoms with Crippen molar-refractivity contribution in [3.63, 3.8) is 0 Å². The third-order valence-corrected chi connectivity index (χ3v) is 5.62. The zero-order chi connectivity index (χ0) is 12.9. The van der Waals surface area contributed by atoms with Crippen molar-refractivity contribution in [2.45, 2.75) is 24.7 Å². The van der Waals surface area contributed by atoms with Crippen LogP contribution in [0, 0.1) is 0 Å². The van der Waals surface area contributed by atoms with Crippen LogP contribution in [-0.4, -0.2) is 23.2 Å². The quantitative estimate of drug-likeness (QED) is 0.817. The molecule has 1 aromatic rings. The second kappa shape index (κ2) is 4.29. The van der Waals surface area contributed by atoms with E-state index in [1.165, 1.54) is 35.7 Å². The molecular formula is C15H15ClN2S. The number of nitrogens with zero attached hydrogens (tertiary/aromatic N) is 2. The van der Waals surface area contributed by atoms with Crippen molar-refractivity contribution < 1.29 is 0 Å². The van der Waals surface area contributed by atoms with Crippen LogP contribution in [0.2, 0.25) is 5.02 Å². The molecule has 0 saturated heterocycles. The molecule has 2 heterocycles. The highest BCUT2D eigenvalue weighted by Crippen LogP contribution is 2.53. The van der Waals surface area contributed by atoms with Crippen LogP contribution in [0.3, 0.4) is 0 Å². The molecule has 2 nitrogen and oxygen atoms in total. The highest BCUT2D eigenvalue weighted by Gasteiger charge is 2.47. The van der Waals surface area contributed by atoms with Gasteiger partial charge in [0.1, 0.15) is 0 Å². The van der Waals surface area contributed by atoms with E-state index in [1.807, 2.05) is 12.1 Å². The van der Waals surface area contributed by atoms with Crippen molar-refractivity contribution >= 4 is 28.5 Å². The molecule has 98 valence electrons. The largest absolute Gasteiger partial charge is 0.321 e. The summed E-state index contributed by atoms with van der Waals surface area (Å²) in [7, 11) is 0. The molecule has 0 amide bonds. The van der Waals surface area contributed by atoms with Crippen LogP contribution in [0.4, 0.5) is 0 Å². The summed E-state index contributed by atoms with van der Waals surface area (Å²) in [4.78, 5) is 6.98. The molecule has 19 heavy (non-hydrogen) atoms. The van der Waals surface area contributed by atoms with E-state index in [0.717, 1.165) is 18.1 Å². The molecular weight excluding hydrogens is 276 g/mol. The molecule has 1 aliphatic carbocycles. The molecule has 2 aliphatic heterocycles. The fourth-order valence-corrected chi connectivity index (χ4v) is 4.46. The minimum absolute atomic E-state index is 0.208. The van der Waals surface area contributed by atoms with E-state index in [0.29, 0.717) is 0 Å². The second-order valence-electron chi connectivity index (χ2n) is 5.38. The SMILES string of the molecule is Clc1ccc(C2(C3=CSC4=NCCN34)CCC2)cc1. The van der Waals surface area contributed by atoms with Crippen molar-refractivity contribution in [2.75, 3.05) is 13.1 Å². The molecule has 3 aliphatic rings. The summed E-state index contributed by atoms with van der Waals surface area (Å²) in [5.74, 6) is 0. The van der Waals surface area contributed by atoms with E-state index in [4.69, 9.17) is 11.6 Å². The van der Waals surface area contributed by atoms with Crippen molar-refractivity contribution in [1.29, 1.82) is 0 Å². The van der Waals surface area contributed by atoms with Crippen LogP contribution in [0.5, 0.6) is 0 Å². The Morgan fingerprint density at radius 1 is 1.21 bits per heavy atom. The summed E-state index contributed by atoms with van der Waals surface area (Å²) >= 11 is 7.81. The number of hydrogen-bond donors (Lipinski definition) is 0. The topological polar surface area (TPSA) is 15.6 Å². The third kappa shape index (κ3) is 1.68. The smallest absolute Gasteiger partial charge is 0.167 e. The first-order valence-corrected chi connectivity index (χ1v) is 8.01. The first-order valence-electron chi connectivity index (χ1n) is 6.75. The number of amidine groups is 1. The van der Waals surface area contributed by atoms with E-state index >= 15 is 0 Å². The molecule has 0 aromatic heterocycles. The first kappa shape index (κ1) is 11.9. The molecule has 0 unspecified atom stereocenters. The lowest BCUT2D eigenvalue weighted by atomic mass is 9.62. The Kier molecular flexibility index (Phi) is 2.68. The van der Waals surface area contributed by atoms with Gasteiger partial charge in [0, 0.05) is 22.7 Å². The van der Waals surface area contributed by atoms with Gasteiger partial charge in [-0.15, -0.1) is 0 Å². The van der Waals surface area contributed by atoms with E-state index in [9.17, 15) is 0 Å². The van der Waals surface area contributed by atoms with Crippen molar-refractivity contribution in [3.05, 3.63) is 46.0 Å². The Balaban J connectivity index is 1.74. The Bertz CT molecular complexity index is 572. The van der Waals surface area contributed by atoms with Crippen LogP contribution < -0.4 is 0 Å². The number of benzene rings is 1. The van der Waals surface area contributed by atoms with E-state index in [-0.39, 0.29) is 5.41 Å². The molecule has 4 heteroatoms. The maximum Gasteiger partial charge on any atom is 0.167 e. The Morgan fingerprint density at radius 3 is 2.68 bits per heavy atom. The fourth-order valence-electron chi connectivity index (χ4n) is 3.29. The molecule has 1 aromatic carbocycles. The van der Waals surface area contributed by atoms with Gasteiger partial charge >= 0.3 is 0 Å². The van der Waals surface area contributed by atoms with Gasteiger partial charge in [-0.2, -0.15) is 0 Å². The molecule has 0 atom stereocenters. The number of allylic oxidation sites excluding steroid dienone is 1. The van der Waals surface area contributed by atoms with Crippen LogP contribution in [-0.2, 0) is 5.41 Å². The molecule has 0 N–H and O–H groups in total. The van der Waals surface area contributed by atoms with Gasteiger partial charge in [0.05, 0.1) is 6.54 Å². The average molecular weight is 291 g/mol. The molecule has 1 saturated carbocycles. The van der Waals surface area contributed by atoms with E-state index < -0.39 is 0 Å². The fraction of sp³-hybridized carbons (Fsp3) is 0.400. The number of thioether (sulfide) groups is 1. The van der Waals surface area contributed by atoms with Crippen LogP contribution in [0.1, 0.15) is 24.8 Å². The molecule has 0 bridgehead atoms. The number of fused-ring (bicyclic) bond motifs is 1. The predicted molar refractivity (Wildman–Crippen MR) is 81.7 cm³/mol. The van der Waals surface area contributed by atoms with Gasteiger partial charge in [-0.3, -0.25) is 4.99 Å². The Labute approximate surface area is 122 Å². The van der Waals surface area contributed by atoms with Crippen LogP contribution >= 0.6 is 23.4 Å². The number of hydrogen-bond acceptors (Lipinski definition) is 3. The van der Waals surface area contributed by atoms with Gasteiger partial charge in [-0.05, 0) is 35.9 Å². The summed E-state index contributed by atoms with van der Waals surface area (Å²) in [5, 5.41) is 4.32. The lowest BCUT2D eigenvalue weighted by Gasteiger charge is -2.45. The lowest BCUT2D eigenvalue weighted by molar-refractivity contribution is 0.252. The normalized spacial score (nSPS) is 23.7. The van der Waals surface area contributed by atoms with Crippen molar-refractivity contribution in [2.24, 2.45) is 4.99 Å². The van der Waals surface area contributed by atoms with Crippen molar-refractivity contribution in [1.82, 2.24) is 4.90 Å². The minimum atomic E-state index is 0.208. The maximum atomic E-state index is 6.02. The maximum absolute atomic E-state index is 6.02. The monoisotopic (exact) mass is 290 g/mol. The Morgan fingerprint density at radius 2 is 2.00 bits per heavy atom. The molecule has 0 radical (unpaired) electrons. The summed E-state index contributed by atoms with van der Waals surface area (Å²) in [6.45, 7) is 1.99. The van der Waals surface area contributed by atoms with Crippen LogP contribution in [0.15, 0.2) is 40.4 Å². The van der Waals surface area contributed by atoms with Gasteiger partial charge in [0.25, 0.3) is 0 Å². The minimum Gasteiger partial charge on any atom is -0.321 e. The van der Waals surface area contributed by atoms with Gasteiger partial charge < -0.3 is 4.90 Å². The summed E-state index contributed by atoms with van der Waals surface area (Å²) in [5.41, 5.74) is 3.07. The van der Waals surface area contributed by atoms with Gasteiger partial charge in [0.15, 0.2) is 5.17 Å². The third-order valence-electron chi connectivity index (χ3n) is 4.46. The Hall–Kier alpha value is -0.930. The van der Waals surface area contributed by atoms with Gasteiger partial charge in [-0.1, -0.05) is 41.9 Å². The highest BCUT2D eigenvalue weighted by molar-refractivity contribution is 8.16. The zero-order valence-electron chi connectivity index (χ0n) is 10.6. The standard InChI is InChI=1S/C15H15ClN2S/c16-12-4-2-11(3-5-12)15(6-1-7-15)13-10-19-14-17-8-9-18(13)14/h2-5,10H,1,6-9H2. The van der Waals surface area contributed by atoms with Gasteiger partial charge in [0.2, 0.25) is 0 Å². The van der Waals surface area contributed by atoms with Crippen molar-refractivity contribution in [3.8, 4) is 0 Å².